The summed E-state index contributed by atoms with van der Waals surface area (Å²) in [5.74, 6) is 0. The van der Waals surface area contributed by atoms with Crippen LogP contribution in [0.2, 0.25) is 0 Å². The number of benzene rings is 1. The van der Waals surface area contributed by atoms with Crippen LogP contribution in [0, 0.1) is 0 Å². The maximum atomic E-state index is 2.42. The summed E-state index contributed by atoms with van der Waals surface area (Å²) in [5.41, 5.74) is 5.78. The highest BCUT2D eigenvalue weighted by atomic mass is 35.5. The second kappa shape index (κ2) is 7.08. The molecule has 21 heavy (non-hydrogen) atoms. The molecule has 0 spiro atoms. The molecule has 2 nitrogen and oxygen atoms in total. The van der Waals surface area contributed by atoms with Gasteiger partial charge >= 0.3 is 0 Å². The molecule has 0 saturated heterocycles. The van der Waals surface area contributed by atoms with Crippen LogP contribution in [-0.4, -0.2) is 32.1 Å². The van der Waals surface area contributed by atoms with Crippen molar-refractivity contribution in [3.8, 4) is 0 Å². The van der Waals surface area contributed by atoms with Gasteiger partial charge in [0.25, 0.3) is 0 Å². The number of quaternary nitrogens is 1. The molecule has 0 aliphatic carbocycles. The Labute approximate surface area is 133 Å². The summed E-state index contributed by atoms with van der Waals surface area (Å²) in [4.78, 5) is 3.74. The van der Waals surface area contributed by atoms with Crippen molar-refractivity contribution in [1.29, 1.82) is 0 Å². The molecular weight excluding hydrogens is 280 g/mol. The van der Waals surface area contributed by atoms with E-state index in [1.54, 1.807) is 0 Å². The number of allylic oxidation sites excluding steroid dienone is 3. The highest BCUT2D eigenvalue weighted by Gasteiger charge is 2.26. The van der Waals surface area contributed by atoms with Gasteiger partial charge in [0.2, 0.25) is 0 Å². The van der Waals surface area contributed by atoms with Gasteiger partial charge in [0.05, 0.1) is 12.7 Å². The van der Waals surface area contributed by atoms with E-state index >= 15 is 0 Å². The van der Waals surface area contributed by atoms with E-state index in [1.165, 1.54) is 27.3 Å². The fourth-order valence-electron chi connectivity index (χ4n) is 3.04. The molecule has 3 heteroatoms. The van der Waals surface area contributed by atoms with Crippen LogP contribution in [0.15, 0.2) is 54.4 Å². The first-order valence-electron chi connectivity index (χ1n) is 7.44. The van der Waals surface area contributed by atoms with E-state index in [0.717, 1.165) is 25.9 Å². The fourth-order valence-corrected chi connectivity index (χ4v) is 3.04. The van der Waals surface area contributed by atoms with E-state index in [2.05, 4.69) is 67.7 Å². The molecule has 0 saturated carbocycles. The summed E-state index contributed by atoms with van der Waals surface area (Å²) in [6.07, 6.45) is 11.4. The van der Waals surface area contributed by atoms with Crippen molar-refractivity contribution in [2.75, 3.05) is 27.2 Å². The second-order valence-electron chi connectivity index (χ2n) is 5.83. The minimum Gasteiger partial charge on any atom is -1.00 e. The first kappa shape index (κ1) is 16.0. The van der Waals surface area contributed by atoms with Crippen molar-refractivity contribution in [3.63, 3.8) is 0 Å². The Bertz CT molecular complexity index is 585. The van der Waals surface area contributed by atoms with Gasteiger partial charge in [-0.3, -0.25) is 4.90 Å². The first-order chi connectivity index (χ1) is 9.75. The maximum Gasteiger partial charge on any atom is 0.143 e. The van der Waals surface area contributed by atoms with Gasteiger partial charge in [-0.1, -0.05) is 30.3 Å². The molecule has 112 valence electrons. The lowest BCUT2D eigenvalue weighted by Gasteiger charge is -2.14. The number of nitrogens with one attached hydrogen (secondary N) is 1. The number of hydrogen-bond acceptors (Lipinski definition) is 1. The summed E-state index contributed by atoms with van der Waals surface area (Å²) >= 11 is 0. The minimum absolute atomic E-state index is 0. The number of fused-ring (bicyclic) bond motifs is 2. The highest BCUT2D eigenvalue weighted by molar-refractivity contribution is 5.79. The quantitative estimate of drug-likeness (QED) is 0.743. The molecule has 3 rings (SSSR count). The Morgan fingerprint density at radius 1 is 1.24 bits per heavy atom. The van der Waals surface area contributed by atoms with Gasteiger partial charge in [-0.05, 0) is 37.7 Å². The van der Waals surface area contributed by atoms with E-state index in [0.29, 0.717) is 0 Å². The Morgan fingerprint density at radius 2 is 2.05 bits per heavy atom. The molecule has 0 aromatic heterocycles. The topological polar surface area (TPSA) is 7.68 Å². The van der Waals surface area contributed by atoms with E-state index in [-0.39, 0.29) is 12.4 Å². The predicted octanol–water partition coefficient (Wildman–Crippen LogP) is -1.12. The van der Waals surface area contributed by atoms with Crippen molar-refractivity contribution < 1.29 is 17.3 Å². The number of rotatable bonds is 3. The van der Waals surface area contributed by atoms with Gasteiger partial charge in [0.15, 0.2) is 0 Å². The van der Waals surface area contributed by atoms with Crippen LogP contribution in [0.25, 0.3) is 5.57 Å². The predicted molar refractivity (Wildman–Crippen MR) is 84.3 cm³/mol. The molecule has 1 aromatic rings. The van der Waals surface area contributed by atoms with E-state index in [1.807, 2.05) is 0 Å². The molecule has 1 N–H and O–H groups in total. The lowest BCUT2D eigenvalue weighted by molar-refractivity contribution is -0.796. The molecule has 0 radical (unpaired) electrons. The fraction of sp³-hybridized carbons (Fsp3) is 0.333. The smallest absolute Gasteiger partial charge is 0.143 e. The van der Waals surface area contributed by atoms with Crippen LogP contribution in [0.5, 0.6) is 0 Å². The Hall–Kier alpha value is -1.35. The van der Waals surface area contributed by atoms with Crippen LogP contribution in [-0.2, 0) is 6.42 Å². The molecule has 0 amide bonds. The van der Waals surface area contributed by atoms with Crippen molar-refractivity contribution in [3.05, 3.63) is 65.5 Å². The van der Waals surface area contributed by atoms with Crippen LogP contribution >= 0.6 is 0 Å². The molecule has 2 aliphatic heterocycles. The molecule has 2 aliphatic rings. The molecule has 1 aromatic carbocycles. The summed E-state index contributed by atoms with van der Waals surface area (Å²) in [5, 5.41) is 0. The third kappa shape index (κ3) is 3.46. The number of halogens is 1. The average Bonchev–Trinajstić information content (AvgIpc) is 2.84. The third-order valence-electron chi connectivity index (χ3n) is 4.09. The number of hydrogen-bond donors (Lipinski definition) is 1. The van der Waals surface area contributed by atoms with Crippen molar-refractivity contribution in [1.82, 2.24) is 4.90 Å². The van der Waals surface area contributed by atoms with Gasteiger partial charge in [0, 0.05) is 24.6 Å². The molecule has 1 unspecified atom stereocenters. The molecular formula is C18H23ClN2. The van der Waals surface area contributed by atoms with Crippen molar-refractivity contribution in [2.45, 2.75) is 12.8 Å². The van der Waals surface area contributed by atoms with Gasteiger partial charge in [-0.15, -0.1) is 0 Å². The molecule has 2 heterocycles. The van der Waals surface area contributed by atoms with E-state index in [9.17, 15) is 0 Å². The third-order valence-corrected chi connectivity index (χ3v) is 4.09. The highest BCUT2D eigenvalue weighted by Crippen LogP contribution is 2.27. The minimum atomic E-state index is 0. The molecule has 0 fully saturated rings. The standard InChI is InChI=1S/C18H22N2.ClH/c1-19(2)12-5-9-17-16-8-4-3-7-15(16)11-14-20-13-6-10-18(17)20;/h3-4,6-10,13H,5,11-12,14H2,1-2H3;1H. The molecule has 1 atom stereocenters. The van der Waals surface area contributed by atoms with Gasteiger partial charge in [-0.2, -0.15) is 0 Å². The SMILES string of the molecule is CN(C)CCC=C1C2=CC=C[NH+]2CCc2ccccc21.[Cl-]. The van der Waals surface area contributed by atoms with Crippen LogP contribution in [0.3, 0.4) is 0 Å². The van der Waals surface area contributed by atoms with E-state index < -0.39 is 0 Å². The lowest BCUT2D eigenvalue weighted by Crippen LogP contribution is -3.04. The van der Waals surface area contributed by atoms with Gasteiger partial charge < -0.3 is 17.3 Å². The number of nitrogens with zero attached hydrogens (tertiary/aromatic N) is 1. The zero-order valence-corrected chi connectivity index (χ0v) is 13.5. The molecule has 0 bridgehead atoms. The first-order valence-corrected chi connectivity index (χ1v) is 7.44. The van der Waals surface area contributed by atoms with Gasteiger partial charge in [-0.25, -0.2) is 0 Å². The van der Waals surface area contributed by atoms with E-state index in [4.69, 9.17) is 0 Å². The van der Waals surface area contributed by atoms with Crippen molar-refractivity contribution in [2.24, 2.45) is 0 Å². The Morgan fingerprint density at radius 3 is 2.86 bits per heavy atom. The summed E-state index contributed by atoms with van der Waals surface area (Å²) in [6, 6.07) is 8.87. The van der Waals surface area contributed by atoms with Crippen LogP contribution in [0.1, 0.15) is 17.5 Å². The zero-order valence-electron chi connectivity index (χ0n) is 12.8. The summed E-state index contributed by atoms with van der Waals surface area (Å²) in [6.45, 7) is 2.26. The lowest BCUT2D eigenvalue weighted by atomic mass is 9.96. The Kier molecular flexibility index (Phi) is 5.40. The monoisotopic (exact) mass is 302 g/mol. The summed E-state index contributed by atoms with van der Waals surface area (Å²) < 4.78 is 0. The van der Waals surface area contributed by atoms with Crippen LogP contribution in [0.4, 0.5) is 0 Å². The Balaban J connectivity index is 0.00000161. The maximum absolute atomic E-state index is 2.42. The van der Waals surface area contributed by atoms with Crippen molar-refractivity contribution >= 4 is 5.57 Å². The van der Waals surface area contributed by atoms with Gasteiger partial charge in [0.1, 0.15) is 5.70 Å². The zero-order chi connectivity index (χ0) is 13.9. The van der Waals surface area contributed by atoms with Crippen LogP contribution < -0.4 is 17.3 Å². The largest absolute Gasteiger partial charge is 1.00 e. The second-order valence-corrected chi connectivity index (χ2v) is 5.83. The summed E-state index contributed by atoms with van der Waals surface area (Å²) in [7, 11) is 4.26. The average molecular weight is 303 g/mol. The normalized spacial score (nSPS) is 21.6.